The van der Waals surface area contributed by atoms with E-state index in [0.717, 1.165) is 26.0 Å². The zero-order valence-electron chi connectivity index (χ0n) is 11.0. The zero-order valence-corrected chi connectivity index (χ0v) is 11.0. The summed E-state index contributed by atoms with van der Waals surface area (Å²) in [4.78, 5) is 0. The summed E-state index contributed by atoms with van der Waals surface area (Å²) in [6.45, 7) is 6.25. The van der Waals surface area contributed by atoms with Crippen LogP contribution in [0, 0.1) is 0 Å². The standard InChI is InChI=1S/C13H27NO2/c1-4-9-14-12(10-15-3)6-8-13-7-5-11(2)16-13/h11-14H,4-10H2,1-3H3. The van der Waals surface area contributed by atoms with Crippen LogP contribution in [0.5, 0.6) is 0 Å². The second-order valence-electron chi connectivity index (χ2n) is 4.83. The third kappa shape index (κ3) is 5.28. The van der Waals surface area contributed by atoms with Crippen molar-refractivity contribution in [3.05, 3.63) is 0 Å². The lowest BCUT2D eigenvalue weighted by Gasteiger charge is -2.19. The van der Waals surface area contributed by atoms with Crippen molar-refractivity contribution in [2.75, 3.05) is 20.3 Å². The van der Waals surface area contributed by atoms with Gasteiger partial charge in [-0.15, -0.1) is 0 Å². The fourth-order valence-corrected chi connectivity index (χ4v) is 2.28. The summed E-state index contributed by atoms with van der Waals surface area (Å²) in [7, 11) is 1.77. The molecule has 3 atom stereocenters. The minimum absolute atomic E-state index is 0.467. The lowest BCUT2D eigenvalue weighted by Crippen LogP contribution is -2.34. The van der Waals surface area contributed by atoms with Gasteiger partial charge in [0, 0.05) is 13.2 Å². The van der Waals surface area contributed by atoms with Crippen LogP contribution in [-0.2, 0) is 9.47 Å². The zero-order chi connectivity index (χ0) is 11.8. The van der Waals surface area contributed by atoms with E-state index in [-0.39, 0.29) is 0 Å². The van der Waals surface area contributed by atoms with Gasteiger partial charge in [-0.05, 0) is 45.6 Å². The second kappa shape index (κ2) is 8.04. The van der Waals surface area contributed by atoms with Crippen molar-refractivity contribution in [2.45, 2.75) is 64.2 Å². The van der Waals surface area contributed by atoms with E-state index in [2.05, 4.69) is 19.2 Å². The van der Waals surface area contributed by atoms with E-state index >= 15 is 0 Å². The molecule has 1 saturated heterocycles. The predicted octanol–water partition coefficient (Wildman–Crippen LogP) is 2.35. The van der Waals surface area contributed by atoms with Crippen LogP contribution in [0.25, 0.3) is 0 Å². The fraction of sp³-hybridized carbons (Fsp3) is 1.00. The Hall–Kier alpha value is -0.120. The van der Waals surface area contributed by atoms with Crippen LogP contribution in [0.3, 0.4) is 0 Å². The molecule has 1 N–H and O–H groups in total. The number of rotatable bonds is 8. The molecule has 0 aromatic carbocycles. The molecule has 0 bridgehead atoms. The molecular weight excluding hydrogens is 202 g/mol. The summed E-state index contributed by atoms with van der Waals surface area (Å²) in [5.41, 5.74) is 0. The molecule has 16 heavy (non-hydrogen) atoms. The quantitative estimate of drug-likeness (QED) is 0.693. The van der Waals surface area contributed by atoms with Crippen molar-refractivity contribution in [1.82, 2.24) is 5.32 Å². The monoisotopic (exact) mass is 229 g/mol. The van der Waals surface area contributed by atoms with E-state index in [1.807, 2.05) is 0 Å². The first-order valence-electron chi connectivity index (χ1n) is 6.64. The Labute approximate surface area is 99.9 Å². The molecule has 1 aliphatic heterocycles. The van der Waals surface area contributed by atoms with Crippen molar-refractivity contribution in [1.29, 1.82) is 0 Å². The molecule has 0 aromatic rings. The normalized spacial score (nSPS) is 27.2. The molecule has 1 aliphatic rings. The third-order valence-electron chi connectivity index (χ3n) is 3.21. The molecule has 96 valence electrons. The van der Waals surface area contributed by atoms with Gasteiger partial charge in [-0.25, -0.2) is 0 Å². The number of ether oxygens (including phenoxy) is 2. The van der Waals surface area contributed by atoms with E-state index < -0.39 is 0 Å². The maximum Gasteiger partial charge on any atom is 0.0615 e. The molecule has 0 aromatic heterocycles. The van der Waals surface area contributed by atoms with Gasteiger partial charge >= 0.3 is 0 Å². The van der Waals surface area contributed by atoms with Gasteiger partial charge in [-0.2, -0.15) is 0 Å². The molecule has 0 saturated carbocycles. The topological polar surface area (TPSA) is 30.5 Å². The highest BCUT2D eigenvalue weighted by molar-refractivity contribution is 4.74. The number of methoxy groups -OCH3 is 1. The molecule has 3 nitrogen and oxygen atoms in total. The molecule has 0 spiro atoms. The van der Waals surface area contributed by atoms with Gasteiger partial charge in [0.25, 0.3) is 0 Å². The SMILES string of the molecule is CCCNC(CCC1CCC(C)O1)COC. The van der Waals surface area contributed by atoms with E-state index in [0.29, 0.717) is 18.2 Å². The van der Waals surface area contributed by atoms with Crippen LogP contribution in [0.1, 0.15) is 46.0 Å². The Morgan fingerprint density at radius 1 is 1.44 bits per heavy atom. The van der Waals surface area contributed by atoms with Gasteiger partial charge in [0.15, 0.2) is 0 Å². The molecular formula is C13H27NO2. The molecule has 1 rings (SSSR count). The maximum absolute atomic E-state index is 5.83. The average molecular weight is 229 g/mol. The number of nitrogens with one attached hydrogen (secondary N) is 1. The first kappa shape index (κ1) is 13.9. The van der Waals surface area contributed by atoms with E-state index in [1.54, 1.807) is 7.11 Å². The lowest BCUT2D eigenvalue weighted by molar-refractivity contribution is 0.0455. The van der Waals surface area contributed by atoms with Crippen molar-refractivity contribution in [3.8, 4) is 0 Å². The smallest absolute Gasteiger partial charge is 0.0615 e. The summed E-state index contributed by atoms with van der Waals surface area (Å²) < 4.78 is 11.1. The van der Waals surface area contributed by atoms with Crippen molar-refractivity contribution >= 4 is 0 Å². The molecule has 1 fully saturated rings. The minimum atomic E-state index is 0.467. The number of hydrogen-bond donors (Lipinski definition) is 1. The predicted molar refractivity (Wildman–Crippen MR) is 66.8 cm³/mol. The molecule has 0 amide bonds. The Bertz CT molecular complexity index is 175. The largest absolute Gasteiger partial charge is 0.383 e. The minimum Gasteiger partial charge on any atom is -0.383 e. The fourth-order valence-electron chi connectivity index (χ4n) is 2.28. The van der Waals surface area contributed by atoms with Gasteiger partial charge in [-0.3, -0.25) is 0 Å². The summed E-state index contributed by atoms with van der Waals surface area (Å²) in [5, 5.41) is 3.52. The van der Waals surface area contributed by atoms with Crippen molar-refractivity contribution in [3.63, 3.8) is 0 Å². The Morgan fingerprint density at radius 2 is 2.25 bits per heavy atom. The van der Waals surface area contributed by atoms with Crippen LogP contribution in [0.15, 0.2) is 0 Å². The van der Waals surface area contributed by atoms with Crippen molar-refractivity contribution in [2.24, 2.45) is 0 Å². The van der Waals surface area contributed by atoms with Gasteiger partial charge in [0.1, 0.15) is 0 Å². The Balaban J connectivity index is 2.15. The van der Waals surface area contributed by atoms with Gasteiger partial charge < -0.3 is 14.8 Å². The summed E-state index contributed by atoms with van der Waals surface area (Å²) >= 11 is 0. The van der Waals surface area contributed by atoms with Gasteiger partial charge in [0.2, 0.25) is 0 Å². The van der Waals surface area contributed by atoms with Crippen molar-refractivity contribution < 1.29 is 9.47 Å². The first-order chi connectivity index (χ1) is 7.76. The van der Waals surface area contributed by atoms with Crippen LogP contribution < -0.4 is 5.32 Å². The molecule has 0 aliphatic carbocycles. The molecule has 0 radical (unpaired) electrons. The first-order valence-corrected chi connectivity index (χ1v) is 6.64. The highest BCUT2D eigenvalue weighted by atomic mass is 16.5. The molecule has 1 heterocycles. The third-order valence-corrected chi connectivity index (χ3v) is 3.21. The molecule has 3 unspecified atom stereocenters. The van der Waals surface area contributed by atoms with E-state index in [1.165, 1.54) is 19.3 Å². The van der Waals surface area contributed by atoms with E-state index in [4.69, 9.17) is 9.47 Å². The Morgan fingerprint density at radius 3 is 2.81 bits per heavy atom. The summed E-state index contributed by atoms with van der Waals surface area (Å²) in [5.74, 6) is 0. The maximum atomic E-state index is 5.83. The summed E-state index contributed by atoms with van der Waals surface area (Å²) in [6.07, 6.45) is 6.90. The number of hydrogen-bond acceptors (Lipinski definition) is 3. The van der Waals surface area contributed by atoms with Crippen LogP contribution >= 0.6 is 0 Å². The van der Waals surface area contributed by atoms with Gasteiger partial charge in [-0.1, -0.05) is 6.92 Å². The van der Waals surface area contributed by atoms with E-state index in [9.17, 15) is 0 Å². The van der Waals surface area contributed by atoms with Crippen LogP contribution in [-0.4, -0.2) is 38.5 Å². The highest BCUT2D eigenvalue weighted by Gasteiger charge is 2.22. The lowest BCUT2D eigenvalue weighted by atomic mass is 10.1. The molecule has 3 heteroatoms. The second-order valence-corrected chi connectivity index (χ2v) is 4.83. The average Bonchev–Trinajstić information content (AvgIpc) is 2.68. The summed E-state index contributed by atoms with van der Waals surface area (Å²) in [6, 6.07) is 0.490. The highest BCUT2D eigenvalue weighted by Crippen LogP contribution is 2.23. The van der Waals surface area contributed by atoms with Crippen LogP contribution in [0.4, 0.5) is 0 Å². The Kier molecular flexibility index (Phi) is 7.01. The van der Waals surface area contributed by atoms with Crippen LogP contribution in [0.2, 0.25) is 0 Å². The van der Waals surface area contributed by atoms with Gasteiger partial charge in [0.05, 0.1) is 18.8 Å².